The molecule has 0 saturated heterocycles. The smallest absolute Gasteiger partial charge is 0.215 e. The van der Waals surface area contributed by atoms with E-state index in [9.17, 15) is 0 Å². The summed E-state index contributed by atoms with van der Waals surface area (Å²) < 4.78 is 31.5. The largest absolute Gasteiger partial charge is 0.332 e. The molecule has 0 aliphatic rings. The summed E-state index contributed by atoms with van der Waals surface area (Å²) in [5, 5.41) is 2.64. The van der Waals surface area contributed by atoms with Gasteiger partial charge < -0.3 is 45.2 Å². The highest BCUT2D eigenvalue weighted by molar-refractivity contribution is 5.96. The van der Waals surface area contributed by atoms with Crippen molar-refractivity contribution in [2.24, 2.45) is 49.3 Å². The lowest BCUT2D eigenvalue weighted by Crippen LogP contribution is -1.91. The number of para-hydroxylation sites is 12. The van der Waals surface area contributed by atoms with Crippen LogP contribution in [0.5, 0.6) is 0 Å². The highest BCUT2D eigenvalue weighted by atomic mass is 15.2. The van der Waals surface area contributed by atoms with Gasteiger partial charge in [0.25, 0.3) is 0 Å². The molecule has 0 amide bonds. The molecule has 0 radical (unpaired) electrons. The monoisotopic (exact) mass is 1390 g/mol. The van der Waals surface area contributed by atoms with Crippen molar-refractivity contribution >= 4 is 117 Å². The van der Waals surface area contributed by atoms with Crippen LogP contribution in [0.25, 0.3) is 117 Å². The van der Waals surface area contributed by atoms with Gasteiger partial charge in [-0.3, -0.25) is 17.6 Å². The van der Waals surface area contributed by atoms with E-state index < -0.39 is 0 Å². The molecule has 14 aromatic heterocycles. The van der Waals surface area contributed by atoms with Crippen molar-refractivity contribution in [3.05, 3.63) is 280 Å². The summed E-state index contributed by atoms with van der Waals surface area (Å²) in [6, 6.07) is 63.6. The van der Waals surface area contributed by atoms with E-state index in [4.69, 9.17) is 0 Å². The summed E-state index contributed by atoms with van der Waals surface area (Å²) in [4.78, 5) is 9.24. The second-order valence-electron chi connectivity index (χ2n) is 28.7. The highest BCUT2D eigenvalue weighted by Crippen LogP contribution is 2.32. The molecule has 0 bridgehead atoms. The third-order valence-corrected chi connectivity index (χ3v) is 23.0. The van der Waals surface area contributed by atoms with Crippen molar-refractivity contribution in [2.75, 3.05) is 0 Å². The van der Waals surface area contributed by atoms with Crippen LogP contribution in [-0.2, 0) is 49.3 Å². The minimum absolute atomic E-state index is 1.02. The fraction of sp³-hybridized carbons (Fsp3) is 0.236. The molecular weight excluding hydrogens is 1290 g/mol. The first-order valence-electron chi connectivity index (χ1n) is 36.3. The van der Waals surface area contributed by atoms with Gasteiger partial charge in [-0.25, -0.2) is 9.97 Å². The number of aryl methyl sites for hydroxylation is 18. The Hall–Kier alpha value is -12.0. The first kappa shape index (κ1) is 68.7. The number of benzene rings is 7. The molecule has 21 rings (SSSR count). The molecule has 0 aliphatic heterocycles. The van der Waals surface area contributed by atoms with Crippen molar-refractivity contribution in [1.29, 1.82) is 0 Å². The van der Waals surface area contributed by atoms with Gasteiger partial charge in [0.15, 0.2) is 0 Å². The van der Waals surface area contributed by atoms with Gasteiger partial charge in [-0.1, -0.05) is 97.1 Å². The Morgan fingerprint density at radius 2 is 0.571 bits per heavy atom. The minimum Gasteiger partial charge on any atom is -0.332 e. The quantitative estimate of drug-likeness (QED) is 0.151. The number of nitrogens with zero attached hydrogens (tertiary/aromatic N) is 16. The van der Waals surface area contributed by atoms with Crippen LogP contribution in [0, 0.1) is 96.9 Å². The molecule has 16 heteroatoms. The van der Waals surface area contributed by atoms with Crippen LogP contribution in [0.1, 0.15) is 78.9 Å². The van der Waals surface area contributed by atoms with E-state index in [2.05, 4.69) is 407 Å². The van der Waals surface area contributed by atoms with Gasteiger partial charge in [-0.05, 0) is 215 Å². The molecule has 21 aromatic rings. The molecule has 105 heavy (non-hydrogen) atoms. The summed E-state index contributed by atoms with van der Waals surface area (Å²) >= 11 is 0. The molecule has 0 fully saturated rings. The van der Waals surface area contributed by atoms with Gasteiger partial charge in [0, 0.05) is 124 Å². The summed E-state index contributed by atoms with van der Waals surface area (Å²) in [7, 11) is 14.7. The van der Waals surface area contributed by atoms with E-state index in [0.29, 0.717) is 0 Å². The molecule has 7 aromatic carbocycles. The van der Waals surface area contributed by atoms with Gasteiger partial charge in [-0.2, -0.15) is 0 Å². The maximum Gasteiger partial charge on any atom is 0.215 e. The first-order chi connectivity index (χ1) is 50.4. The molecule has 16 nitrogen and oxygen atoms in total. The number of imidazole rings is 9. The molecule has 0 saturated carbocycles. The van der Waals surface area contributed by atoms with Crippen LogP contribution >= 0.6 is 0 Å². The lowest BCUT2D eigenvalue weighted by Gasteiger charge is -1.97. The minimum atomic E-state index is 1.02. The average Bonchev–Trinajstić information content (AvgIpc) is 1.62. The second-order valence-corrected chi connectivity index (χ2v) is 28.7. The van der Waals surface area contributed by atoms with E-state index in [-0.39, 0.29) is 0 Å². The summed E-state index contributed by atoms with van der Waals surface area (Å²) in [6.07, 6.45) is 6.65. The molecule has 14 heterocycles. The van der Waals surface area contributed by atoms with Crippen LogP contribution in [-0.4, -0.2) is 72.7 Å². The fourth-order valence-electron chi connectivity index (χ4n) is 16.0. The van der Waals surface area contributed by atoms with Gasteiger partial charge in [-0.15, -0.1) is 0 Å². The zero-order valence-electron chi connectivity index (χ0n) is 64.7. The first-order valence-corrected chi connectivity index (χ1v) is 36.3. The molecular formula is C89H96N16. The Bertz CT molecular complexity index is 6380. The average molecular weight is 1390 g/mol. The van der Waals surface area contributed by atoms with Crippen LogP contribution in [0.15, 0.2) is 201 Å². The summed E-state index contributed by atoms with van der Waals surface area (Å²) in [5.41, 5.74) is 39.8. The van der Waals surface area contributed by atoms with E-state index in [1.807, 2.05) is 12.1 Å². The Kier molecular flexibility index (Phi) is 17.2. The van der Waals surface area contributed by atoms with E-state index in [1.165, 1.54) is 173 Å². The van der Waals surface area contributed by atoms with Gasteiger partial charge >= 0.3 is 0 Å². The lowest BCUT2D eigenvalue weighted by atomic mass is 10.2. The third-order valence-electron chi connectivity index (χ3n) is 23.0. The van der Waals surface area contributed by atoms with Gasteiger partial charge in [0.1, 0.15) is 28.2 Å². The molecule has 0 spiro atoms. The van der Waals surface area contributed by atoms with Gasteiger partial charge in [0.2, 0.25) is 11.6 Å². The summed E-state index contributed by atoms with van der Waals surface area (Å²) in [5.74, 6) is 2.04. The standard InChI is InChI=1S/5C13H14N2.2C12H13N3/c1-9-10(2)15-8-11-6-4-5-7-12(11)13(15)14(9)3;2*1-9-8-15-12-7-5-4-6-11(12)14(3)13(15)10(9)2;2*1-9-8-13-14(3)11-6-4-5-7-12(11)15(13)10(9)2;2*1-8-9(2)15-11-7-5-4-6-10(11)13-12(15)14(8)3/h5*4-8H,1-3H3;2*4-7H,1-3H3. The molecule has 0 aliphatic carbocycles. The van der Waals surface area contributed by atoms with E-state index in [0.717, 1.165) is 22.6 Å². The highest BCUT2D eigenvalue weighted by Gasteiger charge is 2.19. The topological polar surface area (TPSA) is 91.2 Å². The van der Waals surface area contributed by atoms with Crippen LogP contribution in [0.4, 0.5) is 0 Å². The maximum absolute atomic E-state index is 4.62. The Morgan fingerprint density at radius 1 is 0.238 bits per heavy atom. The normalized spacial score (nSPS) is 11.7. The zero-order chi connectivity index (χ0) is 74.0. The Morgan fingerprint density at radius 3 is 0.981 bits per heavy atom. The number of rotatable bonds is 0. The lowest BCUT2D eigenvalue weighted by molar-refractivity contribution is 0.896. The molecule has 532 valence electrons. The van der Waals surface area contributed by atoms with Crippen molar-refractivity contribution < 1.29 is 0 Å². The van der Waals surface area contributed by atoms with Crippen LogP contribution < -0.4 is 0 Å². The third kappa shape index (κ3) is 10.9. The predicted octanol–water partition coefficient (Wildman–Crippen LogP) is 20.1. The number of hydrogen-bond acceptors (Lipinski definition) is 2. The van der Waals surface area contributed by atoms with Gasteiger partial charge in [0.05, 0.1) is 66.2 Å². The van der Waals surface area contributed by atoms with E-state index in [1.54, 1.807) is 0 Å². The SMILES string of the molecule is Cc1c(C)n2c3ccccc3nc2n1C.Cc1c(C)n2c3ccccc3nc2n1C.Cc1c(C)n2cc3ccccc3c2n1C.Cc1cc2n(C)c3ccccc3n2c1C.Cc1cc2n(C)c3ccccc3n2c1C.Cc1cn2c3ccccc3n(C)c2c1C.Cc1cn2c3ccccc3n(C)c2c1C. The Labute approximate surface area is 611 Å². The second kappa shape index (κ2) is 26.3. The predicted molar refractivity (Wildman–Crippen MR) is 439 cm³/mol. The van der Waals surface area contributed by atoms with Crippen LogP contribution in [0.3, 0.4) is 0 Å². The number of hydrogen-bond donors (Lipinski definition) is 0. The fourth-order valence-corrected chi connectivity index (χ4v) is 16.0. The van der Waals surface area contributed by atoms with Crippen molar-refractivity contribution in [2.45, 2.75) is 96.9 Å². The summed E-state index contributed by atoms with van der Waals surface area (Å²) in [6.45, 7) is 30.2. The molecule has 0 unspecified atom stereocenters. The molecule has 0 atom stereocenters. The zero-order valence-corrected chi connectivity index (χ0v) is 64.7. The maximum atomic E-state index is 4.62. The Balaban J connectivity index is 0.0000000983. The van der Waals surface area contributed by atoms with Crippen molar-refractivity contribution in [3.8, 4) is 0 Å². The number of fused-ring (bicyclic) bond motifs is 21. The van der Waals surface area contributed by atoms with E-state index >= 15 is 0 Å². The van der Waals surface area contributed by atoms with Crippen molar-refractivity contribution in [3.63, 3.8) is 0 Å². The van der Waals surface area contributed by atoms with Crippen molar-refractivity contribution in [1.82, 2.24) is 72.7 Å². The van der Waals surface area contributed by atoms with Crippen LogP contribution in [0.2, 0.25) is 0 Å². The molecule has 0 N–H and O–H groups in total. The number of aromatic nitrogens is 16.